The van der Waals surface area contributed by atoms with Crippen LogP contribution >= 0.6 is 0 Å². The number of hydrogen-bond donors (Lipinski definition) is 1. The number of nitrogens with zero attached hydrogens (tertiary/aromatic N) is 1. The molecular formula is C17H24N2O. The van der Waals surface area contributed by atoms with Crippen LogP contribution < -0.4 is 5.32 Å². The first-order valence-corrected chi connectivity index (χ1v) is 7.83. The first-order chi connectivity index (χ1) is 9.75. The van der Waals surface area contributed by atoms with Gasteiger partial charge in [-0.1, -0.05) is 30.3 Å². The van der Waals surface area contributed by atoms with E-state index in [-0.39, 0.29) is 0 Å². The van der Waals surface area contributed by atoms with Gasteiger partial charge in [-0.2, -0.15) is 0 Å². The highest BCUT2D eigenvalue weighted by Gasteiger charge is 2.35. The monoisotopic (exact) mass is 272 g/mol. The van der Waals surface area contributed by atoms with Crippen LogP contribution in [-0.2, 0) is 4.79 Å². The molecule has 2 fully saturated rings. The molecule has 2 aliphatic heterocycles. The molecule has 3 nitrogen and oxygen atoms in total. The van der Waals surface area contributed by atoms with Gasteiger partial charge in [-0.25, -0.2) is 0 Å². The lowest BCUT2D eigenvalue weighted by atomic mass is 9.93. The zero-order valence-corrected chi connectivity index (χ0v) is 12.2. The number of amides is 1. The first kappa shape index (κ1) is 13.6. The Hall–Kier alpha value is -1.35. The lowest BCUT2D eigenvalue weighted by Crippen LogP contribution is -2.38. The Morgan fingerprint density at radius 2 is 2.10 bits per heavy atom. The Morgan fingerprint density at radius 1 is 1.30 bits per heavy atom. The topological polar surface area (TPSA) is 32.3 Å². The zero-order valence-electron chi connectivity index (χ0n) is 12.2. The molecule has 3 rings (SSSR count). The zero-order chi connectivity index (χ0) is 13.9. The van der Waals surface area contributed by atoms with Gasteiger partial charge < -0.3 is 10.2 Å². The van der Waals surface area contributed by atoms with Gasteiger partial charge in [-0.15, -0.1) is 0 Å². The third-order valence-corrected chi connectivity index (χ3v) is 4.89. The van der Waals surface area contributed by atoms with Crippen molar-refractivity contribution in [1.82, 2.24) is 10.2 Å². The van der Waals surface area contributed by atoms with Crippen LogP contribution in [0.25, 0.3) is 0 Å². The third kappa shape index (κ3) is 2.73. The van der Waals surface area contributed by atoms with Crippen LogP contribution in [0.3, 0.4) is 0 Å². The van der Waals surface area contributed by atoms with Crippen molar-refractivity contribution in [2.24, 2.45) is 0 Å². The van der Waals surface area contributed by atoms with Gasteiger partial charge in [0.1, 0.15) is 0 Å². The van der Waals surface area contributed by atoms with Crippen molar-refractivity contribution in [2.75, 3.05) is 13.1 Å². The second-order valence-corrected chi connectivity index (χ2v) is 6.13. The van der Waals surface area contributed by atoms with Gasteiger partial charge in [0.25, 0.3) is 0 Å². The molecule has 0 saturated carbocycles. The van der Waals surface area contributed by atoms with E-state index in [1.54, 1.807) is 0 Å². The van der Waals surface area contributed by atoms with Crippen LogP contribution in [0.5, 0.6) is 0 Å². The van der Waals surface area contributed by atoms with Crippen LogP contribution in [0.15, 0.2) is 30.3 Å². The number of benzene rings is 1. The van der Waals surface area contributed by atoms with Gasteiger partial charge in [0.15, 0.2) is 0 Å². The van der Waals surface area contributed by atoms with Crippen LogP contribution in [0.4, 0.5) is 0 Å². The Labute approximate surface area is 121 Å². The van der Waals surface area contributed by atoms with E-state index in [0.29, 0.717) is 30.3 Å². The minimum absolute atomic E-state index is 0.325. The van der Waals surface area contributed by atoms with Crippen molar-refractivity contribution in [1.29, 1.82) is 0 Å². The predicted octanol–water partition coefficient (Wildman–Crippen LogP) is 2.53. The van der Waals surface area contributed by atoms with Crippen molar-refractivity contribution < 1.29 is 4.79 Å². The largest absolute Gasteiger partial charge is 0.339 e. The molecular weight excluding hydrogens is 248 g/mol. The van der Waals surface area contributed by atoms with E-state index in [0.717, 1.165) is 25.9 Å². The third-order valence-electron chi connectivity index (χ3n) is 4.89. The Kier molecular flexibility index (Phi) is 4.06. The van der Waals surface area contributed by atoms with Crippen LogP contribution in [0.1, 0.15) is 44.1 Å². The number of carbonyl (C=O) groups is 1. The molecule has 3 unspecified atom stereocenters. The van der Waals surface area contributed by atoms with Gasteiger partial charge in [0, 0.05) is 31.0 Å². The highest BCUT2D eigenvalue weighted by atomic mass is 16.2. The summed E-state index contributed by atoms with van der Waals surface area (Å²) in [7, 11) is 0. The lowest BCUT2D eigenvalue weighted by molar-refractivity contribution is -0.132. The molecule has 2 saturated heterocycles. The summed E-state index contributed by atoms with van der Waals surface area (Å²) in [5.41, 5.74) is 1.37. The van der Waals surface area contributed by atoms with Crippen molar-refractivity contribution in [3.8, 4) is 0 Å². The molecule has 0 aliphatic carbocycles. The average molecular weight is 272 g/mol. The highest BCUT2D eigenvalue weighted by Crippen LogP contribution is 2.33. The molecule has 2 heterocycles. The second-order valence-electron chi connectivity index (χ2n) is 6.13. The number of hydrogen-bond acceptors (Lipinski definition) is 2. The standard InChI is InChI=1S/C17H24N2O/c1-13-16(14-6-3-2-4-7-14)9-11-19(13)17(20)12-15-8-5-10-18-15/h2-4,6-7,13,15-16,18H,5,8-12H2,1H3. The molecule has 0 spiro atoms. The Bertz CT molecular complexity index is 453. The number of carbonyl (C=O) groups excluding carboxylic acids is 1. The van der Waals surface area contributed by atoms with E-state index in [1.165, 1.54) is 12.0 Å². The fraction of sp³-hybridized carbons (Fsp3) is 0.588. The molecule has 0 bridgehead atoms. The Balaban J connectivity index is 1.63. The fourth-order valence-electron chi connectivity index (χ4n) is 3.70. The number of rotatable bonds is 3. The first-order valence-electron chi connectivity index (χ1n) is 7.83. The van der Waals surface area contributed by atoms with E-state index in [2.05, 4.69) is 47.5 Å². The number of nitrogens with one attached hydrogen (secondary N) is 1. The molecule has 1 amide bonds. The van der Waals surface area contributed by atoms with Crippen LogP contribution in [-0.4, -0.2) is 36.0 Å². The fourth-order valence-corrected chi connectivity index (χ4v) is 3.70. The van der Waals surface area contributed by atoms with Gasteiger partial charge in [-0.3, -0.25) is 4.79 Å². The Morgan fingerprint density at radius 3 is 2.80 bits per heavy atom. The van der Waals surface area contributed by atoms with E-state index >= 15 is 0 Å². The molecule has 3 atom stereocenters. The molecule has 1 aromatic carbocycles. The average Bonchev–Trinajstić information content (AvgIpc) is 3.09. The van der Waals surface area contributed by atoms with E-state index in [1.807, 2.05) is 0 Å². The minimum atomic E-state index is 0.325. The highest BCUT2D eigenvalue weighted by molar-refractivity contribution is 5.77. The number of likely N-dealkylation sites (tertiary alicyclic amines) is 1. The molecule has 1 N–H and O–H groups in total. The molecule has 3 heteroatoms. The quantitative estimate of drug-likeness (QED) is 0.917. The maximum atomic E-state index is 12.5. The van der Waals surface area contributed by atoms with Gasteiger partial charge in [0.2, 0.25) is 5.91 Å². The SMILES string of the molecule is CC1C(c2ccccc2)CCN1C(=O)CC1CCCN1. The molecule has 1 aromatic rings. The van der Waals surface area contributed by atoms with E-state index in [4.69, 9.17) is 0 Å². The smallest absolute Gasteiger partial charge is 0.224 e. The van der Waals surface area contributed by atoms with Crippen LogP contribution in [0.2, 0.25) is 0 Å². The van der Waals surface area contributed by atoms with Gasteiger partial charge in [0.05, 0.1) is 0 Å². The molecule has 20 heavy (non-hydrogen) atoms. The minimum Gasteiger partial charge on any atom is -0.339 e. The second kappa shape index (κ2) is 5.96. The summed E-state index contributed by atoms with van der Waals surface area (Å²) < 4.78 is 0. The van der Waals surface area contributed by atoms with Crippen LogP contribution in [0, 0.1) is 0 Å². The maximum Gasteiger partial charge on any atom is 0.224 e. The normalized spacial score (nSPS) is 29.9. The summed E-state index contributed by atoms with van der Waals surface area (Å²) in [6.07, 6.45) is 4.12. The van der Waals surface area contributed by atoms with Gasteiger partial charge >= 0.3 is 0 Å². The molecule has 2 aliphatic rings. The summed E-state index contributed by atoms with van der Waals surface area (Å²) in [5, 5.41) is 3.42. The lowest BCUT2D eigenvalue weighted by Gasteiger charge is -2.26. The molecule has 0 radical (unpaired) electrons. The predicted molar refractivity (Wildman–Crippen MR) is 80.6 cm³/mol. The summed E-state index contributed by atoms with van der Waals surface area (Å²) in [6.45, 7) is 4.18. The maximum absolute atomic E-state index is 12.5. The summed E-state index contributed by atoms with van der Waals surface area (Å²) in [4.78, 5) is 14.6. The van der Waals surface area contributed by atoms with Gasteiger partial charge in [-0.05, 0) is 38.3 Å². The van der Waals surface area contributed by atoms with E-state index in [9.17, 15) is 4.79 Å². The van der Waals surface area contributed by atoms with E-state index < -0.39 is 0 Å². The van der Waals surface area contributed by atoms with Crippen molar-refractivity contribution in [3.63, 3.8) is 0 Å². The summed E-state index contributed by atoms with van der Waals surface area (Å²) >= 11 is 0. The molecule has 0 aromatic heterocycles. The summed E-state index contributed by atoms with van der Waals surface area (Å²) in [6, 6.07) is 11.3. The van der Waals surface area contributed by atoms with Crippen molar-refractivity contribution in [3.05, 3.63) is 35.9 Å². The molecule has 108 valence electrons. The summed E-state index contributed by atoms with van der Waals surface area (Å²) in [5.74, 6) is 0.826. The van der Waals surface area contributed by atoms with Crippen molar-refractivity contribution in [2.45, 2.75) is 50.6 Å². The van der Waals surface area contributed by atoms with Crippen molar-refractivity contribution >= 4 is 5.91 Å².